The van der Waals surface area contributed by atoms with E-state index in [1.54, 1.807) is 27.4 Å². The Labute approximate surface area is 239 Å². The number of methoxy groups -OCH3 is 3. The van der Waals surface area contributed by atoms with E-state index in [2.05, 4.69) is 0 Å². The Bertz CT molecular complexity index is 1050. The molecule has 0 amide bonds. The summed E-state index contributed by atoms with van der Waals surface area (Å²) in [5.41, 5.74) is 1.48. The van der Waals surface area contributed by atoms with E-state index >= 15 is 0 Å². The molecule has 1 heterocycles. The van der Waals surface area contributed by atoms with Crippen molar-refractivity contribution in [3.8, 4) is 28.7 Å². The van der Waals surface area contributed by atoms with E-state index < -0.39 is 11.1 Å². The zero-order valence-corrected chi connectivity index (χ0v) is 24.8. The van der Waals surface area contributed by atoms with Gasteiger partial charge in [0, 0.05) is 32.7 Å². The van der Waals surface area contributed by atoms with Crippen LogP contribution in [-0.4, -0.2) is 49.1 Å². The van der Waals surface area contributed by atoms with Crippen molar-refractivity contribution in [2.45, 2.75) is 50.2 Å². The molecule has 1 unspecified atom stereocenters. The molecule has 11 heteroatoms. The topological polar surface area (TPSA) is 113 Å². The molecule has 0 N–H and O–H groups in total. The SMILES string of the molecule is CCCOc1c(OCC(C)=O)cc([C@@H]2CC[C@@H](c3cc(OC)c(OC)c(OC)c3)O2)cc1S(=O)[O-].[Y]. The molecule has 0 aromatic heterocycles. The molecule has 36 heavy (non-hydrogen) atoms. The first-order chi connectivity index (χ1) is 16.8. The van der Waals surface area contributed by atoms with Gasteiger partial charge in [0.15, 0.2) is 28.8 Å². The van der Waals surface area contributed by atoms with Crippen LogP contribution in [0, 0.1) is 0 Å². The third kappa shape index (κ3) is 7.19. The second-order valence-electron chi connectivity index (χ2n) is 8.07. The molecule has 9 nitrogen and oxygen atoms in total. The van der Waals surface area contributed by atoms with E-state index in [9.17, 15) is 13.6 Å². The Morgan fingerprint density at radius 1 is 0.944 bits per heavy atom. The smallest absolute Gasteiger partial charge is 0.203 e. The van der Waals surface area contributed by atoms with Crippen molar-refractivity contribution in [1.29, 1.82) is 0 Å². The van der Waals surface area contributed by atoms with Crippen LogP contribution in [0.5, 0.6) is 28.7 Å². The van der Waals surface area contributed by atoms with Gasteiger partial charge in [-0.1, -0.05) is 6.92 Å². The molecular formula is C25H31O9SY-. The number of hydrogen-bond donors (Lipinski definition) is 0. The maximum absolute atomic E-state index is 12.0. The molecule has 195 valence electrons. The van der Waals surface area contributed by atoms with Crippen LogP contribution in [0.2, 0.25) is 0 Å². The monoisotopic (exact) mass is 596 g/mol. The molecule has 1 aliphatic heterocycles. The summed E-state index contributed by atoms with van der Waals surface area (Å²) in [6.07, 6.45) is 1.36. The van der Waals surface area contributed by atoms with Gasteiger partial charge in [-0.3, -0.25) is 9.00 Å². The van der Waals surface area contributed by atoms with Crippen molar-refractivity contribution in [3.05, 3.63) is 35.4 Å². The van der Waals surface area contributed by atoms with Gasteiger partial charge in [-0.15, -0.1) is 0 Å². The van der Waals surface area contributed by atoms with E-state index in [1.807, 2.05) is 19.1 Å². The standard InChI is InChI=1S/C25H32O9S.Y/c1-6-9-32-25-22(33-14-15(2)26)12-17(13-23(25)35(27)28)19-8-7-18(34-19)16-10-20(29-3)24(31-5)21(11-16)30-4;/h10-13,18-19H,6-9,14H2,1-5H3,(H,27,28);/p-1/t18-,19-;/m0./s1. The number of ether oxygens (including phenoxy) is 6. The van der Waals surface area contributed by atoms with Gasteiger partial charge in [0.2, 0.25) is 5.75 Å². The Morgan fingerprint density at radius 3 is 1.97 bits per heavy atom. The number of carbonyl (C=O) groups is 1. The van der Waals surface area contributed by atoms with E-state index in [1.165, 1.54) is 13.0 Å². The summed E-state index contributed by atoms with van der Waals surface area (Å²) in [5.74, 6) is 1.65. The van der Waals surface area contributed by atoms with Crippen LogP contribution in [-0.2, 0) is 53.3 Å². The molecule has 1 fully saturated rings. The van der Waals surface area contributed by atoms with Crippen LogP contribution >= 0.6 is 0 Å². The summed E-state index contributed by atoms with van der Waals surface area (Å²) in [6.45, 7) is 3.42. The zero-order chi connectivity index (χ0) is 25.5. The molecule has 1 saturated heterocycles. The summed E-state index contributed by atoms with van der Waals surface area (Å²) in [7, 11) is 4.64. The zero-order valence-electron chi connectivity index (χ0n) is 21.2. The molecule has 1 radical (unpaired) electrons. The van der Waals surface area contributed by atoms with Crippen molar-refractivity contribution >= 4 is 16.9 Å². The number of benzene rings is 2. The van der Waals surface area contributed by atoms with Gasteiger partial charge >= 0.3 is 0 Å². The summed E-state index contributed by atoms with van der Waals surface area (Å²) in [4.78, 5) is 11.5. The second kappa shape index (κ2) is 14.3. The van der Waals surface area contributed by atoms with Gasteiger partial charge in [0.1, 0.15) is 6.61 Å². The van der Waals surface area contributed by atoms with Gasteiger partial charge in [-0.25, -0.2) is 0 Å². The number of carbonyl (C=O) groups excluding carboxylic acids is 1. The molecule has 2 aromatic rings. The predicted octanol–water partition coefficient (Wildman–Crippen LogP) is 4.30. The van der Waals surface area contributed by atoms with Crippen molar-refractivity contribution in [2.75, 3.05) is 34.5 Å². The first kappa shape index (κ1) is 30.5. The van der Waals surface area contributed by atoms with Crippen molar-refractivity contribution in [3.63, 3.8) is 0 Å². The molecule has 0 saturated carbocycles. The summed E-state index contributed by atoms with van der Waals surface area (Å²) >= 11 is -2.58. The molecule has 1 aliphatic rings. The van der Waals surface area contributed by atoms with Crippen molar-refractivity contribution in [1.82, 2.24) is 0 Å². The number of ketones is 1. The van der Waals surface area contributed by atoms with E-state index in [-0.39, 0.29) is 73.7 Å². The maximum atomic E-state index is 12.0. The summed E-state index contributed by atoms with van der Waals surface area (Å²) in [5, 5.41) is 0. The molecule has 0 aliphatic carbocycles. The second-order valence-corrected chi connectivity index (χ2v) is 8.98. The Hall–Kier alpha value is -1.72. The quantitative estimate of drug-likeness (QED) is 0.331. The molecular weight excluding hydrogens is 565 g/mol. The van der Waals surface area contributed by atoms with Gasteiger partial charge < -0.3 is 33.0 Å². The van der Waals surface area contributed by atoms with Crippen LogP contribution in [0.25, 0.3) is 0 Å². The maximum Gasteiger partial charge on any atom is 0.203 e. The third-order valence-corrected chi connectivity index (χ3v) is 6.22. The van der Waals surface area contributed by atoms with Crippen LogP contribution < -0.4 is 23.7 Å². The molecule has 0 spiro atoms. The summed E-state index contributed by atoms with van der Waals surface area (Å²) in [6, 6.07) is 6.91. The third-order valence-electron chi connectivity index (χ3n) is 5.55. The molecule has 3 rings (SSSR count). The minimum absolute atomic E-state index is 0. The van der Waals surface area contributed by atoms with Crippen molar-refractivity contribution in [2.24, 2.45) is 0 Å². The Balaban J connectivity index is 0.00000456. The normalized spacial score (nSPS) is 17.6. The van der Waals surface area contributed by atoms with Gasteiger partial charge in [-0.2, -0.15) is 0 Å². The first-order valence-corrected chi connectivity index (χ1v) is 12.4. The average molecular weight is 596 g/mol. The molecule has 3 atom stereocenters. The molecule has 0 bridgehead atoms. The minimum atomic E-state index is -2.58. The first-order valence-electron chi connectivity index (χ1n) is 11.3. The number of rotatable bonds is 12. The largest absolute Gasteiger partial charge is 0.768 e. The minimum Gasteiger partial charge on any atom is -0.768 e. The number of hydrogen-bond acceptors (Lipinski definition) is 9. The van der Waals surface area contributed by atoms with Gasteiger partial charge in [0.05, 0.1) is 45.0 Å². The van der Waals surface area contributed by atoms with Crippen LogP contribution in [0.3, 0.4) is 0 Å². The van der Waals surface area contributed by atoms with Crippen LogP contribution in [0.15, 0.2) is 29.2 Å². The van der Waals surface area contributed by atoms with Crippen LogP contribution in [0.1, 0.15) is 56.4 Å². The van der Waals surface area contributed by atoms with Gasteiger partial charge in [0.25, 0.3) is 0 Å². The van der Waals surface area contributed by atoms with Crippen molar-refractivity contribution < 1.29 is 74.7 Å². The van der Waals surface area contributed by atoms with Gasteiger partial charge in [-0.05, 0) is 72.7 Å². The number of Topliss-reactive ketones (excluding diaryl/α,β-unsaturated/α-hetero) is 1. The molecule has 2 aromatic carbocycles. The average Bonchev–Trinajstić information content (AvgIpc) is 3.35. The fourth-order valence-corrected chi connectivity index (χ4v) is 4.50. The summed E-state index contributed by atoms with van der Waals surface area (Å²) < 4.78 is 58.0. The van der Waals surface area contributed by atoms with Crippen LogP contribution in [0.4, 0.5) is 0 Å². The van der Waals surface area contributed by atoms with E-state index in [4.69, 9.17) is 28.4 Å². The Kier molecular flexibility index (Phi) is 12.1. The van der Waals surface area contributed by atoms with E-state index in [0.29, 0.717) is 48.7 Å². The fourth-order valence-electron chi connectivity index (χ4n) is 3.95. The predicted molar refractivity (Wildman–Crippen MR) is 127 cm³/mol. The Morgan fingerprint density at radius 2 is 1.50 bits per heavy atom. The fraction of sp³-hybridized carbons (Fsp3) is 0.480. The van der Waals surface area contributed by atoms with E-state index in [0.717, 1.165) is 5.56 Å².